The molecule has 0 fully saturated rings. The Morgan fingerprint density at radius 1 is 0.939 bits per heavy atom. The van der Waals surface area contributed by atoms with Gasteiger partial charge in [-0.3, -0.25) is 14.3 Å². The van der Waals surface area contributed by atoms with Crippen LogP contribution in [0.15, 0.2) is 77.7 Å². The number of carbonyl (C=O) groups is 2. The number of amides is 1. The lowest BCUT2D eigenvalue weighted by atomic mass is 10.0. The number of nitrogens with one attached hydrogen (secondary N) is 2. The summed E-state index contributed by atoms with van der Waals surface area (Å²) in [6, 6.07) is 16.0. The van der Waals surface area contributed by atoms with E-state index in [1.54, 1.807) is 30.3 Å². The van der Waals surface area contributed by atoms with Gasteiger partial charge in [-0.25, -0.2) is 17.2 Å². The largest absolute Gasteiger partial charge is 0.469 e. The zero-order valence-corrected chi connectivity index (χ0v) is 18.2. The molecule has 0 saturated heterocycles. The van der Waals surface area contributed by atoms with Crippen LogP contribution in [-0.2, 0) is 19.6 Å². The molecule has 2 N–H and O–H groups in total. The van der Waals surface area contributed by atoms with E-state index in [4.69, 9.17) is 4.74 Å². The molecule has 3 aromatic rings. The van der Waals surface area contributed by atoms with Crippen molar-refractivity contribution in [3.8, 4) is 0 Å². The van der Waals surface area contributed by atoms with Gasteiger partial charge in [0.15, 0.2) is 11.6 Å². The molecule has 1 atom stereocenters. The van der Waals surface area contributed by atoms with E-state index in [0.717, 1.165) is 12.1 Å². The van der Waals surface area contributed by atoms with Crippen LogP contribution in [-0.4, -0.2) is 27.4 Å². The first-order valence-electron chi connectivity index (χ1n) is 9.70. The van der Waals surface area contributed by atoms with Crippen LogP contribution >= 0.6 is 0 Å². The fraction of sp³-hybridized carbons (Fsp3) is 0.130. The number of halogens is 2. The zero-order chi connectivity index (χ0) is 24.0. The second-order valence-electron chi connectivity index (χ2n) is 6.98. The molecule has 33 heavy (non-hydrogen) atoms. The van der Waals surface area contributed by atoms with Crippen molar-refractivity contribution in [3.63, 3.8) is 0 Å². The molecule has 1 amide bonds. The average Bonchev–Trinajstić information content (AvgIpc) is 2.81. The summed E-state index contributed by atoms with van der Waals surface area (Å²) in [4.78, 5) is 24.0. The van der Waals surface area contributed by atoms with E-state index >= 15 is 0 Å². The third-order valence-electron chi connectivity index (χ3n) is 4.71. The number of benzene rings is 3. The molecule has 1 unspecified atom stereocenters. The standard InChI is InChI=1S/C23H20F2N2O5S/c1-32-22(28)14-21(15-5-3-2-4-6-15)26-23(29)16-7-9-17(10-8-16)27-33(30,31)18-11-12-19(24)20(25)13-18/h2-13,21,27H,14H2,1H3,(H,26,29). The highest BCUT2D eigenvalue weighted by Crippen LogP contribution is 2.21. The predicted molar refractivity (Wildman–Crippen MR) is 117 cm³/mol. The van der Waals surface area contributed by atoms with E-state index in [1.165, 1.54) is 31.4 Å². The summed E-state index contributed by atoms with van der Waals surface area (Å²) in [7, 11) is -2.91. The van der Waals surface area contributed by atoms with Crippen molar-refractivity contribution < 1.29 is 31.5 Å². The van der Waals surface area contributed by atoms with Crippen LogP contribution in [0.5, 0.6) is 0 Å². The molecule has 10 heteroatoms. The highest BCUT2D eigenvalue weighted by Gasteiger charge is 2.20. The summed E-state index contributed by atoms with van der Waals surface area (Å²) >= 11 is 0. The minimum Gasteiger partial charge on any atom is -0.469 e. The Morgan fingerprint density at radius 3 is 2.21 bits per heavy atom. The van der Waals surface area contributed by atoms with Gasteiger partial charge in [0, 0.05) is 11.3 Å². The van der Waals surface area contributed by atoms with E-state index in [0.29, 0.717) is 11.6 Å². The zero-order valence-electron chi connectivity index (χ0n) is 17.4. The normalized spacial score (nSPS) is 12.0. The molecule has 0 spiro atoms. The van der Waals surface area contributed by atoms with Crippen LogP contribution in [0.2, 0.25) is 0 Å². The Bertz CT molecular complexity index is 1250. The van der Waals surface area contributed by atoms with E-state index in [-0.39, 0.29) is 17.7 Å². The van der Waals surface area contributed by atoms with Crippen LogP contribution < -0.4 is 10.0 Å². The third kappa shape index (κ3) is 6.13. The summed E-state index contributed by atoms with van der Waals surface area (Å²) in [5, 5.41) is 2.76. The first kappa shape index (κ1) is 23.9. The molecule has 0 aromatic heterocycles. The lowest BCUT2D eigenvalue weighted by Gasteiger charge is -2.18. The van der Waals surface area contributed by atoms with E-state index in [9.17, 15) is 26.8 Å². The van der Waals surface area contributed by atoms with E-state index in [1.807, 2.05) is 0 Å². The van der Waals surface area contributed by atoms with Crippen LogP contribution in [0.25, 0.3) is 0 Å². The monoisotopic (exact) mass is 474 g/mol. The van der Waals surface area contributed by atoms with Gasteiger partial charge in [0.2, 0.25) is 0 Å². The van der Waals surface area contributed by atoms with Crippen LogP contribution in [0, 0.1) is 11.6 Å². The Labute approximate surface area is 189 Å². The number of esters is 1. The molecule has 172 valence electrons. The smallest absolute Gasteiger partial charge is 0.307 e. The SMILES string of the molecule is COC(=O)CC(NC(=O)c1ccc(NS(=O)(=O)c2ccc(F)c(F)c2)cc1)c1ccccc1. The predicted octanol–water partition coefficient (Wildman–Crippen LogP) is 3.80. The number of methoxy groups -OCH3 is 1. The maximum Gasteiger partial charge on any atom is 0.307 e. The molecule has 0 bridgehead atoms. The Morgan fingerprint density at radius 2 is 1.61 bits per heavy atom. The molecule has 7 nitrogen and oxygen atoms in total. The Kier molecular flexibility index (Phi) is 7.39. The number of carbonyl (C=O) groups excluding carboxylic acids is 2. The van der Waals surface area contributed by atoms with Crippen molar-refractivity contribution in [2.45, 2.75) is 17.4 Å². The van der Waals surface area contributed by atoms with Crippen LogP contribution in [0.4, 0.5) is 14.5 Å². The van der Waals surface area contributed by atoms with Gasteiger partial charge in [0.25, 0.3) is 15.9 Å². The number of hydrogen-bond donors (Lipinski definition) is 2. The van der Waals surface area contributed by atoms with Crippen molar-refractivity contribution in [1.29, 1.82) is 0 Å². The topological polar surface area (TPSA) is 102 Å². The minimum atomic E-state index is -4.17. The number of anilines is 1. The number of hydrogen-bond acceptors (Lipinski definition) is 5. The number of ether oxygens (including phenoxy) is 1. The molecule has 3 rings (SSSR count). The molecular weight excluding hydrogens is 454 g/mol. The van der Waals surface area contributed by atoms with Gasteiger partial charge in [0.1, 0.15) is 0 Å². The summed E-state index contributed by atoms with van der Waals surface area (Å²) < 4.78 is 58.2. The molecule has 0 aliphatic carbocycles. The molecule has 3 aromatic carbocycles. The van der Waals surface area contributed by atoms with Gasteiger partial charge in [-0.05, 0) is 48.0 Å². The third-order valence-corrected chi connectivity index (χ3v) is 6.09. The quantitative estimate of drug-likeness (QED) is 0.484. The number of rotatable bonds is 8. The second-order valence-corrected chi connectivity index (χ2v) is 8.66. The molecule has 0 saturated carbocycles. The highest BCUT2D eigenvalue weighted by molar-refractivity contribution is 7.92. The van der Waals surface area contributed by atoms with Crippen LogP contribution in [0.3, 0.4) is 0 Å². The van der Waals surface area contributed by atoms with Gasteiger partial charge in [-0.15, -0.1) is 0 Å². The number of sulfonamides is 1. The lowest BCUT2D eigenvalue weighted by Crippen LogP contribution is -2.30. The van der Waals surface area contributed by atoms with Crippen molar-refractivity contribution >= 4 is 27.6 Å². The molecule has 0 aliphatic heterocycles. The first-order chi connectivity index (χ1) is 15.7. The second kappa shape index (κ2) is 10.2. The minimum absolute atomic E-state index is 0.0711. The summed E-state index contributed by atoms with van der Waals surface area (Å²) in [5.74, 6) is -3.43. The fourth-order valence-electron chi connectivity index (χ4n) is 2.98. The van der Waals surface area contributed by atoms with Crippen molar-refractivity contribution in [2.24, 2.45) is 0 Å². The Balaban J connectivity index is 1.73. The van der Waals surface area contributed by atoms with Gasteiger partial charge >= 0.3 is 5.97 Å². The van der Waals surface area contributed by atoms with E-state index in [2.05, 4.69) is 10.0 Å². The molecule has 0 aliphatic rings. The molecule has 0 heterocycles. The molecule has 0 radical (unpaired) electrons. The first-order valence-corrected chi connectivity index (χ1v) is 11.2. The maximum absolute atomic E-state index is 13.4. The average molecular weight is 474 g/mol. The van der Waals surface area contributed by atoms with Gasteiger partial charge in [0.05, 0.1) is 24.5 Å². The highest BCUT2D eigenvalue weighted by atomic mass is 32.2. The van der Waals surface area contributed by atoms with Gasteiger partial charge in [-0.2, -0.15) is 0 Å². The van der Waals surface area contributed by atoms with Crippen molar-refractivity contribution in [2.75, 3.05) is 11.8 Å². The van der Waals surface area contributed by atoms with Crippen molar-refractivity contribution in [1.82, 2.24) is 5.32 Å². The maximum atomic E-state index is 13.4. The summed E-state index contributed by atoms with van der Waals surface area (Å²) in [6.07, 6.45) is -0.0711. The summed E-state index contributed by atoms with van der Waals surface area (Å²) in [6.45, 7) is 0. The lowest BCUT2D eigenvalue weighted by molar-refractivity contribution is -0.141. The van der Waals surface area contributed by atoms with Crippen molar-refractivity contribution in [3.05, 3.63) is 95.6 Å². The van der Waals surface area contributed by atoms with Gasteiger partial charge < -0.3 is 10.1 Å². The van der Waals surface area contributed by atoms with Gasteiger partial charge in [-0.1, -0.05) is 30.3 Å². The van der Waals surface area contributed by atoms with Crippen LogP contribution in [0.1, 0.15) is 28.4 Å². The molecular formula is C23H20F2N2O5S. The fourth-order valence-corrected chi connectivity index (χ4v) is 4.05. The van der Waals surface area contributed by atoms with E-state index < -0.39 is 44.5 Å². The summed E-state index contributed by atoms with van der Waals surface area (Å²) in [5.41, 5.74) is 1.05. The Hall–Kier alpha value is -3.79.